The average Bonchev–Trinajstić information content (AvgIpc) is 3.05. The first kappa shape index (κ1) is 33.9. The van der Waals surface area contributed by atoms with Crippen LogP contribution < -0.4 is 19.1 Å². The maximum absolute atomic E-state index is 14.5. The van der Waals surface area contributed by atoms with Crippen LogP contribution >= 0.6 is 15.9 Å². The predicted molar refractivity (Wildman–Crippen MR) is 180 cm³/mol. The Balaban J connectivity index is 1.57. The van der Waals surface area contributed by atoms with Gasteiger partial charge in [0.15, 0.2) is 11.5 Å². The maximum Gasteiger partial charge on any atom is 0.264 e. The lowest BCUT2D eigenvalue weighted by Gasteiger charge is -2.34. The molecule has 1 N–H and O–H groups in total. The van der Waals surface area contributed by atoms with Crippen LogP contribution in [0.25, 0.3) is 0 Å². The summed E-state index contributed by atoms with van der Waals surface area (Å²) < 4.78 is 55.5. The Bertz CT molecular complexity index is 1820. The number of hydrogen-bond acceptors (Lipinski definition) is 6. The predicted octanol–water partition coefficient (Wildman–Crippen LogP) is 5.72. The zero-order valence-electron chi connectivity index (χ0n) is 25.9. The van der Waals surface area contributed by atoms with E-state index < -0.39 is 34.3 Å². The first-order chi connectivity index (χ1) is 22.5. The molecule has 4 aromatic rings. The molecule has 9 nitrogen and oxygen atoms in total. The molecule has 0 spiro atoms. The fourth-order valence-electron chi connectivity index (χ4n) is 5.21. The van der Waals surface area contributed by atoms with Crippen LogP contribution in [0.4, 0.5) is 10.1 Å². The Kier molecular flexibility index (Phi) is 10.8. The summed E-state index contributed by atoms with van der Waals surface area (Å²) in [7, 11) is -4.41. The van der Waals surface area contributed by atoms with Gasteiger partial charge in [-0.1, -0.05) is 58.4 Å². The number of sulfonamides is 1. The quantitative estimate of drug-likeness (QED) is 0.201. The van der Waals surface area contributed by atoms with Crippen LogP contribution in [0.15, 0.2) is 106 Å². The number of ether oxygens (including phenoxy) is 2. The number of nitrogens with one attached hydrogen (secondary N) is 1. The van der Waals surface area contributed by atoms with E-state index in [1.165, 1.54) is 35.2 Å². The van der Waals surface area contributed by atoms with Gasteiger partial charge in [-0.25, -0.2) is 12.8 Å². The van der Waals surface area contributed by atoms with Crippen molar-refractivity contribution < 1.29 is 31.9 Å². The van der Waals surface area contributed by atoms with Crippen LogP contribution in [-0.4, -0.2) is 57.0 Å². The number of halogens is 2. The molecule has 0 radical (unpaired) electrons. The second kappa shape index (κ2) is 15.0. The molecule has 47 heavy (non-hydrogen) atoms. The van der Waals surface area contributed by atoms with Gasteiger partial charge >= 0.3 is 0 Å². The van der Waals surface area contributed by atoms with Crippen molar-refractivity contribution in [1.29, 1.82) is 0 Å². The van der Waals surface area contributed by atoms with Crippen LogP contribution in [-0.2, 0) is 32.6 Å². The zero-order valence-corrected chi connectivity index (χ0v) is 28.3. The molecule has 1 aliphatic rings. The van der Waals surface area contributed by atoms with Gasteiger partial charge in [-0.05, 0) is 73.5 Å². The average molecular weight is 725 g/mol. The Hall–Kier alpha value is -4.42. The highest BCUT2D eigenvalue weighted by Crippen LogP contribution is 2.34. The third kappa shape index (κ3) is 8.49. The van der Waals surface area contributed by atoms with Gasteiger partial charge in [-0.3, -0.25) is 13.9 Å². The fraction of sp³-hybridized carbons (Fsp3) is 0.257. The molecule has 0 saturated heterocycles. The Morgan fingerprint density at radius 2 is 1.55 bits per heavy atom. The van der Waals surface area contributed by atoms with Crippen molar-refractivity contribution >= 4 is 43.5 Å². The summed E-state index contributed by atoms with van der Waals surface area (Å²) in [5.74, 6) is -0.918. The number of carbonyl (C=O) groups is 2. The third-order valence-electron chi connectivity index (χ3n) is 7.44. The van der Waals surface area contributed by atoms with E-state index in [2.05, 4.69) is 21.2 Å². The van der Waals surface area contributed by atoms with Gasteiger partial charge in [-0.15, -0.1) is 0 Å². The molecular weight excluding hydrogens is 689 g/mol. The van der Waals surface area contributed by atoms with Gasteiger partial charge < -0.3 is 19.7 Å². The number of nitrogens with zero attached hydrogens (tertiary/aromatic N) is 2. The summed E-state index contributed by atoms with van der Waals surface area (Å²) in [6.07, 6.45) is 0.185. The van der Waals surface area contributed by atoms with Gasteiger partial charge in [0, 0.05) is 29.5 Å². The van der Waals surface area contributed by atoms with Crippen molar-refractivity contribution in [2.24, 2.45) is 0 Å². The lowest BCUT2D eigenvalue weighted by atomic mass is 10.0. The van der Waals surface area contributed by atoms with E-state index in [4.69, 9.17) is 9.47 Å². The molecule has 4 aromatic carbocycles. The number of benzene rings is 4. The number of anilines is 1. The van der Waals surface area contributed by atoms with Crippen LogP contribution in [0, 0.1) is 5.82 Å². The molecule has 5 rings (SSSR count). The summed E-state index contributed by atoms with van der Waals surface area (Å²) >= 11 is 3.48. The summed E-state index contributed by atoms with van der Waals surface area (Å²) in [5.41, 5.74) is 1.62. The minimum Gasteiger partial charge on any atom is -0.486 e. The molecular formula is C35H35BrFN3O6S. The lowest BCUT2D eigenvalue weighted by Crippen LogP contribution is -2.54. The van der Waals surface area contributed by atoms with Crippen molar-refractivity contribution in [2.75, 3.05) is 24.1 Å². The third-order valence-corrected chi connectivity index (χ3v) is 9.70. The van der Waals surface area contributed by atoms with E-state index in [9.17, 15) is 22.4 Å². The van der Waals surface area contributed by atoms with Crippen LogP contribution in [0.1, 0.15) is 25.0 Å². The molecule has 1 unspecified atom stereocenters. The normalized spacial score (nSPS) is 13.1. The monoisotopic (exact) mass is 723 g/mol. The van der Waals surface area contributed by atoms with Crippen molar-refractivity contribution in [3.63, 3.8) is 0 Å². The molecule has 1 aliphatic heterocycles. The van der Waals surface area contributed by atoms with Gasteiger partial charge in [0.25, 0.3) is 10.0 Å². The second-order valence-electron chi connectivity index (χ2n) is 11.3. The van der Waals surface area contributed by atoms with Crippen molar-refractivity contribution in [2.45, 2.75) is 43.8 Å². The minimum absolute atomic E-state index is 0.0165. The molecule has 0 fully saturated rings. The second-order valence-corrected chi connectivity index (χ2v) is 14.1. The fourth-order valence-corrected chi connectivity index (χ4v) is 7.09. The smallest absolute Gasteiger partial charge is 0.264 e. The van der Waals surface area contributed by atoms with Crippen LogP contribution in [0.2, 0.25) is 0 Å². The number of rotatable bonds is 12. The number of amides is 2. The molecule has 1 heterocycles. The highest BCUT2D eigenvalue weighted by atomic mass is 79.9. The van der Waals surface area contributed by atoms with Gasteiger partial charge in [0.2, 0.25) is 11.8 Å². The SMILES string of the molecule is CC(C)NC(=O)C(Cc1ccccc1)N(Cc1cccc(Br)c1)C(=O)CN(c1ccc(F)cc1)S(=O)(=O)c1ccc2c(c1)OCCO2. The van der Waals surface area contributed by atoms with Gasteiger partial charge in [0.1, 0.15) is 31.6 Å². The molecule has 12 heteroatoms. The lowest BCUT2D eigenvalue weighted by molar-refractivity contribution is -0.140. The van der Waals surface area contributed by atoms with Crippen LogP contribution in [0.5, 0.6) is 11.5 Å². The van der Waals surface area contributed by atoms with Gasteiger partial charge in [0.05, 0.1) is 10.6 Å². The van der Waals surface area contributed by atoms with E-state index in [-0.39, 0.29) is 47.9 Å². The number of fused-ring (bicyclic) bond motifs is 1. The Labute approximate surface area is 282 Å². The zero-order chi connectivity index (χ0) is 33.6. The van der Waals surface area contributed by atoms with E-state index in [1.54, 1.807) is 0 Å². The largest absolute Gasteiger partial charge is 0.486 e. The number of carbonyl (C=O) groups excluding carboxylic acids is 2. The van der Waals surface area contributed by atoms with Crippen molar-refractivity contribution in [3.8, 4) is 11.5 Å². The number of hydrogen-bond donors (Lipinski definition) is 1. The summed E-state index contributed by atoms with van der Waals surface area (Å²) in [6.45, 7) is 3.58. The molecule has 0 aromatic heterocycles. The minimum atomic E-state index is -4.41. The highest BCUT2D eigenvalue weighted by Gasteiger charge is 2.35. The van der Waals surface area contributed by atoms with E-state index in [0.717, 1.165) is 32.0 Å². The Morgan fingerprint density at radius 1 is 0.872 bits per heavy atom. The highest BCUT2D eigenvalue weighted by molar-refractivity contribution is 9.10. The van der Waals surface area contributed by atoms with Crippen molar-refractivity contribution in [3.05, 3.63) is 118 Å². The molecule has 0 aliphatic carbocycles. The first-order valence-electron chi connectivity index (χ1n) is 15.1. The van der Waals surface area contributed by atoms with E-state index in [1.807, 2.05) is 68.4 Å². The summed E-state index contributed by atoms with van der Waals surface area (Å²) in [4.78, 5) is 29.6. The molecule has 1 atom stereocenters. The van der Waals surface area contributed by atoms with Crippen LogP contribution in [0.3, 0.4) is 0 Å². The summed E-state index contributed by atoms with van der Waals surface area (Å²) in [6, 6.07) is 24.5. The topological polar surface area (TPSA) is 105 Å². The Morgan fingerprint density at radius 3 is 2.23 bits per heavy atom. The van der Waals surface area contributed by atoms with E-state index >= 15 is 0 Å². The molecule has 2 amide bonds. The first-order valence-corrected chi connectivity index (χ1v) is 17.3. The molecule has 246 valence electrons. The van der Waals surface area contributed by atoms with Gasteiger partial charge in [-0.2, -0.15) is 0 Å². The molecule has 0 saturated carbocycles. The standard InChI is InChI=1S/C35H35BrFN3O6S/c1-24(2)38-35(42)31(20-25-7-4-3-5-8-25)39(22-26-9-6-10-27(36)19-26)34(41)23-40(29-13-11-28(37)12-14-29)47(43,44)30-15-16-32-33(21-30)46-18-17-45-32/h3-16,19,21,24,31H,17-18,20,22-23H2,1-2H3,(H,38,42). The summed E-state index contributed by atoms with van der Waals surface area (Å²) in [5, 5.41) is 2.93. The van der Waals surface area contributed by atoms with E-state index in [0.29, 0.717) is 12.4 Å². The maximum atomic E-state index is 14.5. The van der Waals surface area contributed by atoms with Crippen molar-refractivity contribution in [1.82, 2.24) is 10.2 Å². The molecule has 0 bridgehead atoms.